The van der Waals surface area contributed by atoms with Gasteiger partial charge in [0.15, 0.2) is 0 Å². The summed E-state index contributed by atoms with van der Waals surface area (Å²) in [6.07, 6.45) is 12.9. The molecule has 1 fully saturated rings. The Morgan fingerprint density at radius 2 is 2.08 bits per heavy atom. The fourth-order valence-electron chi connectivity index (χ4n) is 1.99. The van der Waals surface area contributed by atoms with Gasteiger partial charge in [0.25, 0.3) is 0 Å². The minimum Gasteiger partial charge on any atom is -0.393 e. The van der Waals surface area contributed by atoms with E-state index in [-0.39, 0.29) is 6.10 Å². The number of terminal acetylenes is 1. The molecule has 1 nitrogen and oxygen atoms in total. The van der Waals surface area contributed by atoms with E-state index in [4.69, 9.17) is 6.42 Å². The fraction of sp³-hybridized carbons (Fsp3) is 0.818. The average molecular weight is 166 g/mol. The largest absolute Gasteiger partial charge is 0.393 e. The van der Waals surface area contributed by atoms with Crippen molar-refractivity contribution in [2.45, 2.75) is 51.0 Å². The predicted molar refractivity (Wildman–Crippen MR) is 50.6 cm³/mol. The fourth-order valence-corrected chi connectivity index (χ4v) is 1.99. The van der Waals surface area contributed by atoms with Gasteiger partial charge in [-0.2, -0.15) is 0 Å². The molecule has 1 N–H and O–H groups in total. The van der Waals surface area contributed by atoms with Crippen LogP contribution >= 0.6 is 0 Å². The van der Waals surface area contributed by atoms with Crippen molar-refractivity contribution in [2.24, 2.45) is 5.92 Å². The highest BCUT2D eigenvalue weighted by Crippen LogP contribution is 2.28. The molecule has 0 spiro atoms. The summed E-state index contributed by atoms with van der Waals surface area (Å²) in [5.41, 5.74) is 0. The summed E-state index contributed by atoms with van der Waals surface area (Å²) in [5.74, 6) is 3.17. The summed E-state index contributed by atoms with van der Waals surface area (Å²) in [7, 11) is 0. The Bertz CT molecular complexity index is 157. The lowest BCUT2D eigenvalue weighted by Gasteiger charge is -2.27. The Balaban J connectivity index is 2.16. The van der Waals surface area contributed by atoms with Crippen LogP contribution in [0.3, 0.4) is 0 Å². The summed E-state index contributed by atoms with van der Waals surface area (Å²) in [5, 5.41) is 9.62. The van der Waals surface area contributed by atoms with E-state index in [1.807, 2.05) is 0 Å². The third kappa shape index (κ3) is 2.87. The first-order chi connectivity index (χ1) is 5.84. The first kappa shape index (κ1) is 9.61. The first-order valence-corrected chi connectivity index (χ1v) is 4.96. The maximum Gasteiger partial charge on any atom is 0.0568 e. The van der Waals surface area contributed by atoms with Gasteiger partial charge in [-0.15, -0.1) is 12.3 Å². The van der Waals surface area contributed by atoms with Gasteiger partial charge in [-0.1, -0.05) is 12.8 Å². The molecule has 1 aliphatic carbocycles. The van der Waals surface area contributed by atoms with Crippen LogP contribution in [0.5, 0.6) is 0 Å². The third-order valence-electron chi connectivity index (χ3n) is 2.76. The number of unbranched alkanes of at least 4 members (excludes halogenated alkanes) is 1. The zero-order valence-corrected chi connectivity index (χ0v) is 7.63. The molecular weight excluding hydrogens is 148 g/mol. The molecule has 0 unspecified atom stereocenters. The number of hydrogen-bond acceptors (Lipinski definition) is 1. The highest BCUT2D eigenvalue weighted by Gasteiger charge is 2.21. The van der Waals surface area contributed by atoms with Gasteiger partial charge in [0.05, 0.1) is 6.10 Å². The maximum atomic E-state index is 9.62. The van der Waals surface area contributed by atoms with Crippen molar-refractivity contribution in [2.75, 3.05) is 0 Å². The molecule has 1 aliphatic rings. The Hall–Kier alpha value is -0.480. The van der Waals surface area contributed by atoms with Gasteiger partial charge in [0.1, 0.15) is 0 Å². The van der Waals surface area contributed by atoms with Crippen molar-refractivity contribution in [1.82, 2.24) is 0 Å². The molecule has 1 saturated carbocycles. The van der Waals surface area contributed by atoms with E-state index in [9.17, 15) is 5.11 Å². The van der Waals surface area contributed by atoms with Crippen LogP contribution in [0, 0.1) is 18.3 Å². The molecule has 0 bridgehead atoms. The summed E-state index contributed by atoms with van der Waals surface area (Å²) in [6, 6.07) is 0. The predicted octanol–water partition coefficient (Wildman–Crippen LogP) is 2.34. The van der Waals surface area contributed by atoms with Crippen molar-refractivity contribution in [3.63, 3.8) is 0 Å². The molecular formula is C11H18O. The zero-order chi connectivity index (χ0) is 8.81. The smallest absolute Gasteiger partial charge is 0.0568 e. The second kappa shape index (κ2) is 5.22. The van der Waals surface area contributed by atoms with Crippen molar-refractivity contribution in [1.29, 1.82) is 0 Å². The minimum atomic E-state index is -0.0449. The van der Waals surface area contributed by atoms with Gasteiger partial charge in [0.2, 0.25) is 0 Å². The molecule has 1 rings (SSSR count). The molecule has 0 saturated heterocycles. The van der Waals surface area contributed by atoms with Crippen molar-refractivity contribution in [3.05, 3.63) is 0 Å². The van der Waals surface area contributed by atoms with Crippen LogP contribution < -0.4 is 0 Å². The molecule has 0 radical (unpaired) electrons. The molecule has 0 amide bonds. The molecule has 0 aliphatic heterocycles. The summed E-state index contributed by atoms with van der Waals surface area (Å²) >= 11 is 0. The quantitative estimate of drug-likeness (QED) is 0.504. The molecule has 2 atom stereocenters. The van der Waals surface area contributed by atoms with Gasteiger partial charge in [-0.25, -0.2) is 0 Å². The van der Waals surface area contributed by atoms with Crippen LogP contribution in [0.1, 0.15) is 44.9 Å². The normalized spacial score (nSPS) is 29.7. The van der Waals surface area contributed by atoms with E-state index in [0.29, 0.717) is 5.92 Å². The highest BCUT2D eigenvalue weighted by atomic mass is 16.3. The van der Waals surface area contributed by atoms with Crippen LogP contribution in [0.4, 0.5) is 0 Å². The average Bonchev–Trinajstić information content (AvgIpc) is 2.09. The lowest BCUT2D eigenvalue weighted by Crippen LogP contribution is -2.24. The topological polar surface area (TPSA) is 20.2 Å². The summed E-state index contributed by atoms with van der Waals surface area (Å²) < 4.78 is 0. The molecule has 0 aromatic carbocycles. The van der Waals surface area contributed by atoms with Gasteiger partial charge >= 0.3 is 0 Å². The molecule has 1 heteroatoms. The number of hydrogen-bond donors (Lipinski definition) is 1. The third-order valence-corrected chi connectivity index (χ3v) is 2.76. The molecule has 0 heterocycles. The second-order valence-electron chi connectivity index (χ2n) is 3.71. The maximum absolute atomic E-state index is 9.62. The molecule has 68 valence electrons. The minimum absolute atomic E-state index is 0.0449. The van der Waals surface area contributed by atoms with Crippen LogP contribution in [0.2, 0.25) is 0 Å². The van der Waals surface area contributed by atoms with Crippen molar-refractivity contribution < 1.29 is 5.11 Å². The van der Waals surface area contributed by atoms with Gasteiger partial charge in [0, 0.05) is 6.42 Å². The Morgan fingerprint density at radius 3 is 2.75 bits per heavy atom. The van der Waals surface area contributed by atoms with E-state index in [1.165, 1.54) is 19.3 Å². The van der Waals surface area contributed by atoms with Crippen LogP contribution in [0.25, 0.3) is 0 Å². The number of aliphatic hydroxyl groups excluding tert-OH is 1. The summed E-state index contributed by atoms with van der Waals surface area (Å²) in [4.78, 5) is 0. The van der Waals surface area contributed by atoms with E-state index in [2.05, 4.69) is 5.92 Å². The van der Waals surface area contributed by atoms with E-state index >= 15 is 0 Å². The molecule has 0 aromatic rings. The Morgan fingerprint density at radius 1 is 1.33 bits per heavy atom. The van der Waals surface area contributed by atoms with E-state index < -0.39 is 0 Å². The second-order valence-corrected chi connectivity index (χ2v) is 3.71. The van der Waals surface area contributed by atoms with Crippen LogP contribution in [-0.2, 0) is 0 Å². The Kier molecular flexibility index (Phi) is 4.18. The highest BCUT2D eigenvalue weighted by molar-refractivity contribution is 4.84. The van der Waals surface area contributed by atoms with E-state index in [0.717, 1.165) is 25.7 Å². The van der Waals surface area contributed by atoms with Crippen molar-refractivity contribution >= 4 is 0 Å². The van der Waals surface area contributed by atoms with Crippen LogP contribution in [0.15, 0.2) is 0 Å². The Labute approximate surface area is 75.2 Å². The monoisotopic (exact) mass is 166 g/mol. The number of aliphatic hydroxyl groups is 1. The first-order valence-electron chi connectivity index (χ1n) is 4.96. The zero-order valence-electron chi connectivity index (χ0n) is 7.63. The molecule has 12 heavy (non-hydrogen) atoms. The number of rotatable bonds is 3. The van der Waals surface area contributed by atoms with Crippen molar-refractivity contribution in [3.8, 4) is 12.3 Å². The molecule has 0 aromatic heterocycles. The SMILES string of the molecule is C#CCCC[C@@H]1CCCC[C@H]1O. The van der Waals surface area contributed by atoms with Gasteiger partial charge in [-0.3, -0.25) is 0 Å². The summed E-state index contributed by atoms with van der Waals surface area (Å²) in [6.45, 7) is 0. The van der Waals surface area contributed by atoms with E-state index in [1.54, 1.807) is 0 Å². The van der Waals surface area contributed by atoms with Gasteiger partial charge < -0.3 is 5.11 Å². The lowest BCUT2D eigenvalue weighted by atomic mass is 9.83. The lowest BCUT2D eigenvalue weighted by molar-refractivity contribution is 0.0645. The standard InChI is InChI=1S/C11H18O/c1-2-3-4-7-10-8-5-6-9-11(10)12/h1,10-12H,3-9H2/t10-,11-/m1/s1. The van der Waals surface area contributed by atoms with Gasteiger partial charge in [-0.05, 0) is 31.6 Å². The van der Waals surface area contributed by atoms with Crippen LogP contribution in [-0.4, -0.2) is 11.2 Å².